The number of rotatable bonds is 4. The van der Waals surface area contributed by atoms with Crippen LogP contribution >= 0.6 is 15.9 Å². The quantitative estimate of drug-likeness (QED) is 0.757. The van der Waals surface area contributed by atoms with Crippen LogP contribution in [0.25, 0.3) is 0 Å². The molecule has 0 radical (unpaired) electrons. The van der Waals surface area contributed by atoms with E-state index in [1.54, 1.807) is 17.6 Å². The fourth-order valence-electron chi connectivity index (χ4n) is 2.23. The van der Waals surface area contributed by atoms with Gasteiger partial charge < -0.3 is 14.4 Å². The summed E-state index contributed by atoms with van der Waals surface area (Å²) in [4.78, 5) is 16.6. The third-order valence-corrected chi connectivity index (χ3v) is 4.25. The smallest absolute Gasteiger partial charge is 0.272 e. The highest BCUT2D eigenvalue weighted by molar-refractivity contribution is 9.10. The maximum atomic E-state index is 12.5. The van der Waals surface area contributed by atoms with E-state index in [0.29, 0.717) is 24.0 Å². The van der Waals surface area contributed by atoms with Crippen LogP contribution in [0.1, 0.15) is 27.8 Å². The Kier molecular flexibility index (Phi) is 4.29. The van der Waals surface area contributed by atoms with Gasteiger partial charge in [-0.3, -0.25) is 4.79 Å². The predicted octanol–water partition coefficient (Wildman–Crippen LogP) is 3.55. The second-order valence-electron chi connectivity index (χ2n) is 5.17. The molecule has 0 aliphatic heterocycles. The summed E-state index contributed by atoms with van der Waals surface area (Å²) in [6, 6.07) is 9.25. The molecule has 0 bridgehead atoms. The number of nitrogens with zero attached hydrogens (tertiary/aromatic N) is 3. The molecule has 2 aromatic heterocycles. The molecular weight excluding hydrogens is 360 g/mol. The van der Waals surface area contributed by atoms with Gasteiger partial charge in [0, 0.05) is 23.3 Å². The van der Waals surface area contributed by atoms with Gasteiger partial charge in [-0.15, -0.1) is 0 Å². The van der Waals surface area contributed by atoms with Gasteiger partial charge in [0.2, 0.25) is 5.89 Å². The summed E-state index contributed by atoms with van der Waals surface area (Å²) in [5.74, 6) is 0.854. The van der Waals surface area contributed by atoms with Crippen molar-refractivity contribution >= 4 is 27.5 Å². The van der Waals surface area contributed by atoms with E-state index in [2.05, 4.69) is 31.4 Å². The lowest BCUT2D eigenvalue weighted by molar-refractivity contribution is 0.101. The van der Waals surface area contributed by atoms with Gasteiger partial charge in [0.15, 0.2) is 5.82 Å². The number of nitrogens with one attached hydrogen (secondary N) is 1. The third kappa shape index (κ3) is 3.50. The number of carbonyl (C=O) groups excluding carboxylic acids is 1. The molecule has 0 aliphatic carbocycles. The molecule has 2 heterocycles. The highest BCUT2D eigenvalue weighted by atomic mass is 79.9. The van der Waals surface area contributed by atoms with Gasteiger partial charge in [0.05, 0.1) is 6.54 Å². The van der Waals surface area contributed by atoms with Gasteiger partial charge in [-0.2, -0.15) is 4.98 Å². The molecule has 3 aromatic rings. The van der Waals surface area contributed by atoms with Crippen LogP contribution in [0, 0.1) is 13.8 Å². The monoisotopic (exact) mass is 374 g/mol. The molecule has 1 amide bonds. The number of halogens is 1. The first kappa shape index (κ1) is 15.5. The van der Waals surface area contributed by atoms with E-state index in [9.17, 15) is 4.79 Å². The lowest BCUT2D eigenvalue weighted by atomic mass is 10.2. The standard InChI is InChI=1S/C16H15BrN4O2/c1-10-8-12(5-6-13(10)17)19-16(22)14-4-3-7-21(14)9-15-18-11(2)23-20-15/h3-8H,9H2,1-2H3,(H,19,22). The number of anilines is 1. The summed E-state index contributed by atoms with van der Waals surface area (Å²) < 4.78 is 7.74. The van der Waals surface area contributed by atoms with Crippen LogP contribution in [-0.2, 0) is 6.54 Å². The van der Waals surface area contributed by atoms with Crippen LogP contribution in [0.4, 0.5) is 5.69 Å². The van der Waals surface area contributed by atoms with E-state index in [1.807, 2.05) is 37.4 Å². The molecule has 3 rings (SSSR count). The van der Waals surface area contributed by atoms with Crippen molar-refractivity contribution in [2.75, 3.05) is 5.32 Å². The van der Waals surface area contributed by atoms with Crippen LogP contribution in [0.15, 0.2) is 45.5 Å². The zero-order valence-corrected chi connectivity index (χ0v) is 14.3. The molecule has 7 heteroatoms. The van der Waals surface area contributed by atoms with Crippen molar-refractivity contribution in [2.24, 2.45) is 0 Å². The van der Waals surface area contributed by atoms with Gasteiger partial charge in [-0.1, -0.05) is 21.1 Å². The molecule has 0 fully saturated rings. The minimum absolute atomic E-state index is 0.183. The van der Waals surface area contributed by atoms with E-state index in [0.717, 1.165) is 15.7 Å². The Morgan fingerprint density at radius 1 is 1.35 bits per heavy atom. The molecule has 23 heavy (non-hydrogen) atoms. The van der Waals surface area contributed by atoms with E-state index in [1.165, 1.54) is 0 Å². The Labute approximate surface area is 141 Å². The zero-order chi connectivity index (χ0) is 16.4. The lowest BCUT2D eigenvalue weighted by Gasteiger charge is -2.09. The predicted molar refractivity (Wildman–Crippen MR) is 89.4 cm³/mol. The normalized spacial score (nSPS) is 10.7. The Balaban J connectivity index is 1.77. The molecule has 0 saturated heterocycles. The maximum absolute atomic E-state index is 12.5. The molecule has 0 saturated carbocycles. The molecule has 0 aliphatic rings. The number of hydrogen-bond donors (Lipinski definition) is 1. The van der Waals surface area contributed by atoms with Crippen molar-refractivity contribution in [2.45, 2.75) is 20.4 Å². The van der Waals surface area contributed by atoms with Crippen molar-refractivity contribution in [3.05, 3.63) is 64.0 Å². The van der Waals surface area contributed by atoms with E-state index in [4.69, 9.17) is 4.52 Å². The average Bonchev–Trinajstić information content (AvgIpc) is 3.12. The molecule has 0 spiro atoms. The molecule has 0 unspecified atom stereocenters. The minimum Gasteiger partial charge on any atom is -0.340 e. The number of aryl methyl sites for hydroxylation is 2. The number of amides is 1. The second-order valence-corrected chi connectivity index (χ2v) is 6.02. The van der Waals surface area contributed by atoms with Gasteiger partial charge in [0.1, 0.15) is 5.69 Å². The first-order valence-electron chi connectivity index (χ1n) is 7.05. The Morgan fingerprint density at radius 2 is 2.17 bits per heavy atom. The largest absolute Gasteiger partial charge is 0.340 e. The number of hydrogen-bond acceptors (Lipinski definition) is 4. The summed E-state index contributed by atoms with van der Waals surface area (Å²) >= 11 is 3.45. The molecule has 118 valence electrons. The Morgan fingerprint density at radius 3 is 2.87 bits per heavy atom. The number of aromatic nitrogens is 3. The topological polar surface area (TPSA) is 73.0 Å². The van der Waals surface area contributed by atoms with Crippen LogP contribution in [0.5, 0.6) is 0 Å². The van der Waals surface area contributed by atoms with Gasteiger partial charge in [-0.25, -0.2) is 0 Å². The van der Waals surface area contributed by atoms with Crippen LogP contribution in [0.3, 0.4) is 0 Å². The first-order chi connectivity index (χ1) is 11.0. The van der Waals surface area contributed by atoms with E-state index < -0.39 is 0 Å². The fourth-order valence-corrected chi connectivity index (χ4v) is 2.48. The zero-order valence-electron chi connectivity index (χ0n) is 12.7. The molecule has 1 N–H and O–H groups in total. The Bertz CT molecular complexity index is 853. The van der Waals surface area contributed by atoms with Gasteiger partial charge in [0.25, 0.3) is 5.91 Å². The molecular formula is C16H15BrN4O2. The summed E-state index contributed by atoms with van der Waals surface area (Å²) in [6.07, 6.45) is 1.81. The molecule has 1 aromatic carbocycles. The van der Waals surface area contributed by atoms with Crippen LogP contribution < -0.4 is 5.32 Å². The second kappa shape index (κ2) is 6.37. The highest BCUT2D eigenvalue weighted by Crippen LogP contribution is 2.20. The van der Waals surface area contributed by atoms with E-state index in [-0.39, 0.29) is 5.91 Å². The number of carbonyl (C=O) groups is 1. The fraction of sp³-hybridized carbons (Fsp3) is 0.188. The lowest BCUT2D eigenvalue weighted by Crippen LogP contribution is -2.17. The first-order valence-corrected chi connectivity index (χ1v) is 7.84. The van der Waals surface area contributed by atoms with Crippen molar-refractivity contribution in [3.63, 3.8) is 0 Å². The molecule has 0 atom stereocenters. The SMILES string of the molecule is Cc1nc(Cn2cccc2C(=O)Nc2ccc(Br)c(C)c2)no1. The van der Waals surface area contributed by atoms with Crippen molar-refractivity contribution in [1.29, 1.82) is 0 Å². The minimum atomic E-state index is -0.183. The van der Waals surface area contributed by atoms with Crippen molar-refractivity contribution in [1.82, 2.24) is 14.7 Å². The molecule has 6 nitrogen and oxygen atoms in total. The summed E-state index contributed by atoms with van der Waals surface area (Å²) in [6.45, 7) is 4.09. The number of benzene rings is 1. The van der Waals surface area contributed by atoms with E-state index >= 15 is 0 Å². The van der Waals surface area contributed by atoms with Crippen LogP contribution in [0.2, 0.25) is 0 Å². The maximum Gasteiger partial charge on any atom is 0.272 e. The van der Waals surface area contributed by atoms with Crippen LogP contribution in [-0.4, -0.2) is 20.6 Å². The van der Waals surface area contributed by atoms with Gasteiger partial charge in [-0.05, 0) is 42.8 Å². The Hall–Kier alpha value is -2.41. The van der Waals surface area contributed by atoms with Crippen molar-refractivity contribution in [3.8, 4) is 0 Å². The average molecular weight is 375 g/mol. The summed E-state index contributed by atoms with van der Waals surface area (Å²) in [5, 5.41) is 6.75. The summed E-state index contributed by atoms with van der Waals surface area (Å²) in [7, 11) is 0. The van der Waals surface area contributed by atoms with Gasteiger partial charge >= 0.3 is 0 Å². The third-order valence-electron chi connectivity index (χ3n) is 3.36. The van der Waals surface area contributed by atoms with Crippen molar-refractivity contribution < 1.29 is 9.32 Å². The highest BCUT2D eigenvalue weighted by Gasteiger charge is 2.13. The summed E-state index contributed by atoms with van der Waals surface area (Å²) in [5.41, 5.74) is 2.34.